The molecule has 0 unspecified atom stereocenters. The minimum atomic E-state index is 0.104. The smallest absolute Gasteiger partial charge is 0.159 e. The molecule has 60 valence electrons. The molecule has 0 aliphatic heterocycles. The molecule has 1 rings (SSSR count). The van der Waals surface area contributed by atoms with Crippen LogP contribution in [0.2, 0.25) is 0 Å². The highest BCUT2D eigenvalue weighted by atomic mass is 16.1. The Balaban J connectivity index is 2.88. The van der Waals surface area contributed by atoms with E-state index in [1.807, 2.05) is 12.2 Å². The fraction of sp³-hybridized carbons (Fsp3) is 0.500. The van der Waals surface area contributed by atoms with Crippen molar-refractivity contribution in [2.75, 3.05) is 0 Å². The van der Waals surface area contributed by atoms with Crippen LogP contribution < -0.4 is 0 Å². The van der Waals surface area contributed by atoms with Gasteiger partial charge in [-0.2, -0.15) is 0 Å². The van der Waals surface area contributed by atoms with Crippen molar-refractivity contribution >= 4 is 5.78 Å². The molecule has 0 heterocycles. The quantitative estimate of drug-likeness (QED) is 0.518. The third-order valence-corrected chi connectivity index (χ3v) is 1.80. The molecule has 1 aliphatic rings. The van der Waals surface area contributed by atoms with Crippen LogP contribution in [0.15, 0.2) is 23.8 Å². The van der Waals surface area contributed by atoms with E-state index in [4.69, 9.17) is 0 Å². The van der Waals surface area contributed by atoms with E-state index in [2.05, 4.69) is 20.8 Å². The van der Waals surface area contributed by atoms with Gasteiger partial charge < -0.3 is 0 Å². The van der Waals surface area contributed by atoms with Crippen LogP contribution in [0.3, 0.4) is 0 Å². The minimum Gasteiger partial charge on any atom is -0.295 e. The number of rotatable bonds is 0. The third-order valence-electron chi connectivity index (χ3n) is 1.80. The lowest BCUT2D eigenvalue weighted by atomic mass is 9.83. The van der Waals surface area contributed by atoms with E-state index < -0.39 is 0 Å². The van der Waals surface area contributed by atoms with Gasteiger partial charge in [-0.3, -0.25) is 4.79 Å². The average Bonchev–Trinajstić information content (AvgIpc) is 1.86. The Morgan fingerprint density at radius 2 is 2.00 bits per heavy atom. The van der Waals surface area contributed by atoms with Crippen molar-refractivity contribution < 1.29 is 4.79 Å². The second kappa shape index (κ2) is 2.65. The first kappa shape index (κ1) is 8.25. The van der Waals surface area contributed by atoms with Gasteiger partial charge in [0.2, 0.25) is 0 Å². The number of carbonyl (C=O) groups excluding carboxylic acids is 1. The Bertz CT molecular complexity index is 226. The van der Waals surface area contributed by atoms with Crippen LogP contribution in [-0.2, 0) is 4.79 Å². The van der Waals surface area contributed by atoms with Crippen molar-refractivity contribution in [1.82, 2.24) is 0 Å². The van der Waals surface area contributed by atoms with Crippen molar-refractivity contribution in [3.05, 3.63) is 23.8 Å². The van der Waals surface area contributed by atoms with Gasteiger partial charge in [-0.25, -0.2) is 0 Å². The molecule has 0 atom stereocenters. The molecular formula is C10H14O. The molecule has 0 saturated heterocycles. The number of carbonyl (C=O) groups is 1. The lowest BCUT2D eigenvalue weighted by Gasteiger charge is -2.21. The largest absolute Gasteiger partial charge is 0.295 e. The van der Waals surface area contributed by atoms with Gasteiger partial charge in [-0.1, -0.05) is 32.9 Å². The Labute approximate surface area is 67.8 Å². The number of allylic oxidation sites excluding steroid dienone is 4. The van der Waals surface area contributed by atoms with Gasteiger partial charge in [0.15, 0.2) is 5.78 Å². The van der Waals surface area contributed by atoms with Crippen molar-refractivity contribution in [3.63, 3.8) is 0 Å². The zero-order chi connectivity index (χ0) is 8.48. The van der Waals surface area contributed by atoms with Crippen LogP contribution in [-0.4, -0.2) is 5.78 Å². The molecule has 0 radical (unpaired) electrons. The molecule has 11 heavy (non-hydrogen) atoms. The van der Waals surface area contributed by atoms with E-state index in [9.17, 15) is 4.79 Å². The summed E-state index contributed by atoms with van der Waals surface area (Å²) in [6, 6.07) is 0. The van der Waals surface area contributed by atoms with E-state index in [1.54, 1.807) is 6.08 Å². The van der Waals surface area contributed by atoms with E-state index in [1.165, 1.54) is 0 Å². The van der Waals surface area contributed by atoms with E-state index >= 15 is 0 Å². The molecule has 0 aromatic carbocycles. The second-order valence-corrected chi connectivity index (χ2v) is 3.92. The molecule has 1 heteroatoms. The molecular weight excluding hydrogens is 136 g/mol. The Hall–Kier alpha value is -0.850. The summed E-state index contributed by atoms with van der Waals surface area (Å²) in [4.78, 5) is 11.0. The molecule has 0 spiro atoms. The Morgan fingerprint density at radius 3 is 2.36 bits per heavy atom. The number of ketones is 1. The zero-order valence-electron chi connectivity index (χ0n) is 7.35. The van der Waals surface area contributed by atoms with Crippen LogP contribution in [0.4, 0.5) is 0 Å². The predicted molar refractivity (Wildman–Crippen MR) is 46.3 cm³/mol. The van der Waals surface area contributed by atoms with Crippen molar-refractivity contribution in [1.29, 1.82) is 0 Å². The summed E-state index contributed by atoms with van der Waals surface area (Å²) in [6.07, 6.45) is 6.30. The molecule has 0 aromatic heterocycles. The fourth-order valence-electron chi connectivity index (χ4n) is 1.05. The summed E-state index contributed by atoms with van der Waals surface area (Å²) >= 11 is 0. The molecule has 0 fully saturated rings. The average molecular weight is 150 g/mol. The highest BCUT2D eigenvalue weighted by molar-refractivity contribution is 5.93. The van der Waals surface area contributed by atoms with Crippen LogP contribution in [0.1, 0.15) is 27.2 Å². The normalized spacial score (nSPS) is 18.5. The summed E-state index contributed by atoms with van der Waals surface area (Å²) < 4.78 is 0. The van der Waals surface area contributed by atoms with Crippen molar-refractivity contribution in [2.24, 2.45) is 5.41 Å². The monoisotopic (exact) mass is 150 g/mol. The summed E-state index contributed by atoms with van der Waals surface area (Å²) in [7, 11) is 0. The number of hydrogen-bond acceptors (Lipinski definition) is 1. The van der Waals surface area contributed by atoms with Crippen LogP contribution >= 0.6 is 0 Å². The zero-order valence-corrected chi connectivity index (χ0v) is 7.35. The van der Waals surface area contributed by atoms with E-state index in [0.29, 0.717) is 6.42 Å². The molecule has 0 bridgehead atoms. The first-order chi connectivity index (χ1) is 5.00. The lowest BCUT2D eigenvalue weighted by molar-refractivity contribution is -0.114. The SMILES string of the molecule is CC(C)(C)C1=CC(=O)CC=C1. The second-order valence-electron chi connectivity index (χ2n) is 3.92. The minimum absolute atomic E-state index is 0.104. The lowest BCUT2D eigenvalue weighted by Crippen LogP contribution is -2.11. The van der Waals surface area contributed by atoms with E-state index in [-0.39, 0.29) is 11.2 Å². The van der Waals surface area contributed by atoms with Gasteiger partial charge in [-0.05, 0) is 17.1 Å². The summed E-state index contributed by atoms with van der Waals surface area (Å²) in [5.74, 6) is 0.220. The Morgan fingerprint density at radius 1 is 1.36 bits per heavy atom. The van der Waals surface area contributed by atoms with Gasteiger partial charge in [-0.15, -0.1) is 0 Å². The Kier molecular flexibility index (Phi) is 1.99. The van der Waals surface area contributed by atoms with Gasteiger partial charge >= 0.3 is 0 Å². The van der Waals surface area contributed by atoms with Crippen LogP contribution in [0.25, 0.3) is 0 Å². The van der Waals surface area contributed by atoms with Gasteiger partial charge in [0.05, 0.1) is 0 Å². The van der Waals surface area contributed by atoms with Gasteiger partial charge in [0.25, 0.3) is 0 Å². The topological polar surface area (TPSA) is 17.1 Å². The van der Waals surface area contributed by atoms with Gasteiger partial charge in [0.1, 0.15) is 0 Å². The van der Waals surface area contributed by atoms with Crippen molar-refractivity contribution in [3.8, 4) is 0 Å². The van der Waals surface area contributed by atoms with Crippen LogP contribution in [0, 0.1) is 5.41 Å². The first-order valence-corrected chi connectivity index (χ1v) is 3.92. The molecule has 0 N–H and O–H groups in total. The number of hydrogen-bond donors (Lipinski definition) is 0. The predicted octanol–water partition coefficient (Wildman–Crippen LogP) is 2.49. The standard InChI is InChI=1S/C10H14O/c1-10(2,3)8-5-4-6-9(11)7-8/h4-5,7H,6H2,1-3H3. The maximum Gasteiger partial charge on any atom is 0.159 e. The summed E-state index contributed by atoms with van der Waals surface area (Å²) in [5, 5.41) is 0. The molecule has 1 aliphatic carbocycles. The summed E-state index contributed by atoms with van der Waals surface area (Å²) in [5.41, 5.74) is 1.24. The molecule has 0 amide bonds. The van der Waals surface area contributed by atoms with Crippen molar-refractivity contribution in [2.45, 2.75) is 27.2 Å². The molecule has 0 saturated carbocycles. The summed E-state index contributed by atoms with van der Waals surface area (Å²) in [6.45, 7) is 6.34. The first-order valence-electron chi connectivity index (χ1n) is 3.92. The van der Waals surface area contributed by atoms with Gasteiger partial charge in [0, 0.05) is 6.42 Å². The van der Waals surface area contributed by atoms with E-state index in [0.717, 1.165) is 5.57 Å². The third kappa shape index (κ3) is 2.04. The molecule has 0 aromatic rings. The van der Waals surface area contributed by atoms with Crippen LogP contribution in [0.5, 0.6) is 0 Å². The maximum absolute atomic E-state index is 11.0. The molecule has 1 nitrogen and oxygen atoms in total. The highest BCUT2D eigenvalue weighted by Crippen LogP contribution is 2.28. The highest BCUT2D eigenvalue weighted by Gasteiger charge is 2.17. The maximum atomic E-state index is 11.0. The fourth-order valence-corrected chi connectivity index (χ4v) is 1.05.